The molecule has 2 heterocycles. The number of nitrogens with zero attached hydrogens (tertiary/aromatic N) is 2. The van der Waals surface area contributed by atoms with Crippen LogP contribution >= 0.6 is 0 Å². The summed E-state index contributed by atoms with van der Waals surface area (Å²) in [5, 5.41) is 4.44. The molecule has 0 amide bonds. The Morgan fingerprint density at radius 2 is 2.33 bits per heavy atom. The van der Waals surface area contributed by atoms with Crippen molar-refractivity contribution < 1.29 is 4.79 Å². The zero-order chi connectivity index (χ0) is 10.8. The molecule has 0 aliphatic carbocycles. The highest BCUT2D eigenvalue weighted by Crippen LogP contribution is 2.23. The van der Waals surface area contributed by atoms with Crippen molar-refractivity contribution in [1.29, 1.82) is 0 Å². The van der Waals surface area contributed by atoms with Gasteiger partial charge in [0.25, 0.3) is 0 Å². The number of hydrogen-bond donors (Lipinski definition) is 0. The summed E-state index contributed by atoms with van der Waals surface area (Å²) < 4.78 is 1.77. The van der Waals surface area contributed by atoms with Gasteiger partial charge < -0.3 is 0 Å². The first-order valence-electron chi connectivity index (χ1n) is 5.20. The lowest BCUT2D eigenvalue weighted by molar-refractivity contribution is 0.112. The Balaban J connectivity index is 2.69. The average molecular weight is 202 g/mol. The Morgan fingerprint density at radius 3 is 3.00 bits per heavy atom. The maximum absolute atomic E-state index is 11.1. The lowest BCUT2D eigenvalue weighted by Gasteiger charge is -2.03. The van der Waals surface area contributed by atoms with Crippen LogP contribution in [0.25, 0.3) is 5.52 Å². The van der Waals surface area contributed by atoms with Crippen molar-refractivity contribution in [3.63, 3.8) is 0 Å². The van der Waals surface area contributed by atoms with Crippen LogP contribution in [0.2, 0.25) is 0 Å². The van der Waals surface area contributed by atoms with Gasteiger partial charge in [0, 0.05) is 12.1 Å². The molecule has 0 N–H and O–H groups in total. The fraction of sp³-hybridized carbons (Fsp3) is 0.333. The predicted molar refractivity (Wildman–Crippen MR) is 59.3 cm³/mol. The number of fused-ring (bicyclic) bond motifs is 1. The molecule has 0 bridgehead atoms. The molecule has 3 heteroatoms. The Kier molecular flexibility index (Phi) is 2.54. The zero-order valence-corrected chi connectivity index (χ0v) is 8.97. The minimum Gasteiger partial charge on any atom is -0.298 e. The SMILES string of the molecule is CCC(C)c1nn2ccccc2c1C=O. The molecule has 0 saturated heterocycles. The minimum absolute atomic E-state index is 0.324. The molecule has 15 heavy (non-hydrogen) atoms. The minimum atomic E-state index is 0.324. The number of carbonyl (C=O) groups excluding carboxylic acids is 1. The van der Waals surface area contributed by atoms with Gasteiger partial charge in [-0.1, -0.05) is 19.9 Å². The summed E-state index contributed by atoms with van der Waals surface area (Å²) in [5.41, 5.74) is 2.52. The molecule has 0 aromatic carbocycles. The topological polar surface area (TPSA) is 34.4 Å². The highest BCUT2D eigenvalue weighted by molar-refractivity contribution is 5.87. The monoisotopic (exact) mass is 202 g/mol. The van der Waals surface area contributed by atoms with Crippen LogP contribution in [0, 0.1) is 0 Å². The molecule has 0 radical (unpaired) electrons. The van der Waals surface area contributed by atoms with Crippen LogP contribution in [0.15, 0.2) is 24.4 Å². The van der Waals surface area contributed by atoms with Gasteiger partial charge in [0.1, 0.15) is 0 Å². The van der Waals surface area contributed by atoms with E-state index in [9.17, 15) is 4.79 Å². The van der Waals surface area contributed by atoms with E-state index in [1.165, 1.54) is 0 Å². The van der Waals surface area contributed by atoms with E-state index in [0.29, 0.717) is 5.92 Å². The fourth-order valence-electron chi connectivity index (χ4n) is 1.71. The van der Waals surface area contributed by atoms with Crippen molar-refractivity contribution in [2.24, 2.45) is 0 Å². The smallest absolute Gasteiger partial charge is 0.154 e. The lowest BCUT2D eigenvalue weighted by atomic mass is 10.0. The maximum Gasteiger partial charge on any atom is 0.154 e. The van der Waals surface area contributed by atoms with E-state index in [-0.39, 0.29) is 0 Å². The third-order valence-corrected chi connectivity index (χ3v) is 2.80. The summed E-state index contributed by atoms with van der Waals surface area (Å²) in [5.74, 6) is 0.324. The van der Waals surface area contributed by atoms with Crippen LogP contribution in [-0.4, -0.2) is 15.9 Å². The van der Waals surface area contributed by atoms with E-state index in [0.717, 1.165) is 29.5 Å². The predicted octanol–water partition coefficient (Wildman–Crippen LogP) is 2.66. The van der Waals surface area contributed by atoms with Crippen molar-refractivity contribution >= 4 is 11.8 Å². The molecule has 78 valence electrons. The molecule has 2 rings (SSSR count). The first-order valence-corrected chi connectivity index (χ1v) is 5.20. The number of carbonyl (C=O) groups is 1. The number of aldehydes is 1. The number of rotatable bonds is 3. The van der Waals surface area contributed by atoms with Gasteiger partial charge in [-0.15, -0.1) is 0 Å². The van der Waals surface area contributed by atoms with E-state index >= 15 is 0 Å². The molecule has 0 spiro atoms. The molecule has 3 nitrogen and oxygen atoms in total. The second kappa shape index (κ2) is 3.85. The van der Waals surface area contributed by atoms with E-state index in [1.807, 2.05) is 24.4 Å². The first-order chi connectivity index (χ1) is 7.27. The molecule has 2 aromatic rings. The van der Waals surface area contributed by atoms with E-state index in [4.69, 9.17) is 0 Å². The normalized spacial score (nSPS) is 12.9. The number of aromatic nitrogens is 2. The maximum atomic E-state index is 11.1. The second-order valence-electron chi connectivity index (χ2n) is 3.76. The lowest BCUT2D eigenvalue weighted by Crippen LogP contribution is -1.96. The standard InChI is InChI=1S/C12H14N2O/c1-3-9(2)12-10(8-15)11-6-4-5-7-14(11)13-12/h4-9H,3H2,1-2H3. The Labute approximate surface area is 88.7 Å². The van der Waals surface area contributed by atoms with Crippen molar-refractivity contribution in [2.75, 3.05) is 0 Å². The van der Waals surface area contributed by atoms with Crippen molar-refractivity contribution in [1.82, 2.24) is 9.61 Å². The van der Waals surface area contributed by atoms with Gasteiger partial charge in [0.15, 0.2) is 6.29 Å². The third kappa shape index (κ3) is 1.54. The highest BCUT2D eigenvalue weighted by atomic mass is 16.1. The largest absolute Gasteiger partial charge is 0.298 e. The third-order valence-electron chi connectivity index (χ3n) is 2.80. The van der Waals surface area contributed by atoms with Gasteiger partial charge in [0.2, 0.25) is 0 Å². The van der Waals surface area contributed by atoms with Crippen LogP contribution in [0.1, 0.15) is 42.2 Å². The summed E-state index contributed by atoms with van der Waals surface area (Å²) in [7, 11) is 0. The molecule has 0 aliphatic heterocycles. The van der Waals surface area contributed by atoms with Crippen molar-refractivity contribution in [2.45, 2.75) is 26.2 Å². The second-order valence-corrected chi connectivity index (χ2v) is 3.76. The molecular formula is C12H14N2O. The summed E-state index contributed by atoms with van der Waals surface area (Å²) in [6, 6.07) is 5.75. The van der Waals surface area contributed by atoms with Crippen LogP contribution in [0.3, 0.4) is 0 Å². The average Bonchev–Trinajstić information content (AvgIpc) is 2.66. The first kappa shape index (κ1) is 9.90. The molecule has 2 aromatic heterocycles. The van der Waals surface area contributed by atoms with Crippen molar-refractivity contribution in [3.8, 4) is 0 Å². The Hall–Kier alpha value is -1.64. The number of pyridine rings is 1. The molecule has 0 saturated carbocycles. The van der Waals surface area contributed by atoms with E-state index < -0.39 is 0 Å². The van der Waals surface area contributed by atoms with Crippen LogP contribution < -0.4 is 0 Å². The Morgan fingerprint density at radius 1 is 1.53 bits per heavy atom. The summed E-state index contributed by atoms with van der Waals surface area (Å²) in [4.78, 5) is 11.1. The van der Waals surface area contributed by atoms with Gasteiger partial charge in [-0.05, 0) is 18.6 Å². The van der Waals surface area contributed by atoms with E-state index in [2.05, 4.69) is 18.9 Å². The summed E-state index contributed by atoms with van der Waals surface area (Å²) in [6.45, 7) is 4.19. The van der Waals surface area contributed by atoms with Gasteiger partial charge >= 0.3 is 0 Å². The molecule has 1 unspecified atom stereocenters. The van der Waals surface area contributed by atoms with Gasteiger partial charge in [0.05, 0.1) is 16.8 Å². The van der Waals surface area contributed by atoms with Crippen molar-refractivity contribution in [3.05, 3.63) is 35.7 Å². The fourth-order valence-corrected chi connectivity index (χ4v) is 1.71. The van der Waals surface area contributed by atoms with Gasteiger partial charge in [-0.25, -0.2) is 4.52 Å². The molecule has 0 fully saturated rings. The van der Waals surface area contributed by atoms with Gasteiger partial charge in [-0.2, -0.15) is 5.10 Å². The zero-order valence-electron chi connectivity index (χ0n) is 8.97. The Bertz CT molecular complexity index is 487. The van der Waals surface area contributed by atoms with E-state index in [1.54, 1.807) is 4.52 Å². The number of hydrogen-bond acceptors (Lipinski definition) is 2. The van der Waals surface area contributed by atoms with Gasteiger partial charge in [-0.3, -0.25) is 4.79 Å². The van der Waals surface area contributed by atoms with Crippen LogP contribution in [0.4, 0.5) is 0 Å². The van der Waals surface area contributed by atoms with Crippen LogP contribution in [0.5, 0.6) is 0 Å². The highest BCUT2D eigenvalue weighted by Gasteiger charge is 2.15. The summed E-state index contributed by atoms with van der Waals surface area (Å²) >= 11 is 0. The molecular weight excluding hydrogens is 188 g/mol. The summed E-state index contributed by atoms with van der Waals surface area (Å²) in [6.07, 6.45) is 3.77. The molecule has 1 atom stereocenters. The molecule has 0 aliphatic rings. The van der Waals surface area contributed by atoms with Crippen LogP contribution in [-0.2, 0) is 0 Å². The quantitative estimate of drug-likeness (QED) is 0.717.